The van der Waals surface area contributed by atoms with E-state index in [9.17, 15) is 0 Å². The Labute approximate surface area is 84.3 Å². The predicted octanol–water partition coefficient (Wildman–Crippen LogP) is 0.548. The largest absolute Gasteiger partial charge is 0.370 e. The molecule has 0 saturated carbocycles. The number of hydrogen-bond acceptors (Lipinski definition) is 2. The standard InChI is InChI=1S/C10H16N4/c1-2-12-10(11)14-8-6-9-5-3-4-7-13-9/h3-5,7H,2,6,8H2,1H3,(H3,11,12,14). The Morgan fingerprint density at radius 3 is 3.07 bits per heavy atom. The van der Waals surface area contributed by atoms with Crippen molar-refractivity contribution < 1.29 is 0 Å². The smallest absolute Gasteiger partial charge is 0.188 e. The molecule has 3 N–H and O–H groups in total. The molecule has 0 amide bonds. The first-order valence-corrected chi connectivity index (χ1v) is 4.76. The first kappa shape index (κ1) is 10.5. The molecule has 0 aliphatic carbocycles. The Morgan fingerprint density at radius 2 is 2.43 bits per heavy atom. The zero-order chi connectivity index (χ0) is 10.2. The Hall–Kier alpha value is -1.58. The van der Waals surface area contributed by atoms with Gasteiger partial charge in [-0.3, -0.25) is 9.98 Å². The highest BCUT2D eigenvalue weighted by atomic mass is 15.1. The van der Waals surface area contributed by atoms with Gasteiger partial charge in [-0.05, 0) is 19.1 Å². The molecular weight excluding hydrogens is 176 g/mol. The number of hydrogen-bond donors (Lipinski definition) is 2. The van der Waals surface area contributed by atoms with E-state index < -0.39 is 0 Å². The van der Waals surface area contributed by atoms with Gasteiger partial charge < -0.3 is 11.1 Å². The first-order chi connectivity index (χ1) is 6.83. The van der Waals surface area contributed by atoms with Gasteiger partial charge in [0, 0.05) is 31.4 Å². The van der Waals surface area contributed by atoms with Gasteiger partial charge in [0.05, 0.1) is 0 Å². The molecule has 1 aromatic rings. The van der Waals surface area contributed by atoms with Crippen molar-refractivity contribution in [1.82, 2.24) is 10.3 Å². The van der Waals surface area contributed by atoms with Crippen LogP contribution in [0.2, 0.25) is 0 Å². The van der Waals surface area contributed by atoms with Gasteiger partial charge in [0.15, 0.2) is 5.96 Å². The number of rotatable bonds is 4. The van der Waals surface area contributed by atoms with E-state index in [1.807, 2.05) is 25.1 Å². The van der Waals surface area contributed by atoms with Crippen molar-refractivity contribution in [2.75, 3.05) is 13.1 Å². The van der Waals surface area contributed by atoms with Crippen molar-refractivity contribution in [3.63, 3.8) is 0 Å². The minimum Gasteiger partial charge on any atom is -0.370 e. The Morgan fingerprint density at radius 1 is 1.57 bits per heavy atom. The fraction of sp³-hybridized carbons (Fsp3) is 0.400. The van der Waals surface area contributed by atoms with Crippen LogP contribution in [0.5, 0.6) is 0 Å². The van der Waals surface area contributed by atoms with Gasteiger partial charge in [-0.2, -0.15) is 0 Å². The van der Waals surface area contributed by atoms with E-state index in [1.165, 1.54) is 0 Å². The highest BCUT2D eigenvalue weighted by molar-refractivity contribution is 5.77. The van der Waals surface area contributed by atoms with Crippen LogP contribution < -0.4 is 11.1 Å². The molecule has 14 heavy (non-hydrogen) atoms. The molecule has 1 aromatic heterocycles. The summed E-state index contributed by atoms with van der Waals surface area (Å²) in [5.41, 5.74) is 6.61. The van der Waals surface area contributed by atoms with Crippen LogP contribution >= 0.6 is 0 Å². The van der Waals surface area contributed by atoms with Crippen molar-refractivity contribution >= 4 is 5.96 Å². The van der Waals surface area contributed by atoms with E-state index in [1.54, 1.807) is 6.20 Å². The second-order valence-corrected chi connectivity index (χ2v) is 2.87. The number of nitrogens with two attached hydrogens (primary N) is 1. The van der Waals surface area contributed by atoms with Crippen LogP contribution in [-0.4, -0.2) is 24.0 Å². The fourth-order valence-corrected chi connectivity index (χ4v) is 1.07. The molecule has 0 atom stereocenters. The third kappa shape index (κ3) is 3.89. The molecule has 0 aliphatic heterocycles. The van der Waals surface area contributed by atoms with E-state index in [2.05, 4.69) is 15.3 Å². The van der Waals surface area contributed by atoms with Gasteiger partial charge >= 0.3 is 0 Å². The normalized spacial score (nSPS) is 11.4. The third-order valence-electron chi connectivity index (χ3n) is 1.73. The first-order valence-electron chi connectivity index (χ1n) is 4.76. The summed E-state index contributed by atoms with van der Waals surface area (Å²) in [6, 6.07) is 5.86. The number of nitrogens with zero attached hydrogens (tertiary/aromatic N) is 2. The lowest BCUT2D eigenvalue weighted by atomic mass is 10.3. The van der Waals surface area contributed by atoms with E-state index in [4.69, 9.17) is 5.73 Å². The lowest BCUT2D eigenvalue weighted by Gasteiger charge is -2.01. The van der Waals surface area contributed by atoms with Gasteiger partial charge in [0.1, 0.15) is 0 Å². The maximum Gasteiger partial charge on any atom is 0.188 e. The van der Waals surface area contributed by atoms with Crippen molar-refractivity contribution in [3.05, 3.63) is 30.1 Å². The quantitative estimate of drug-likeness (QED) is 0.541. The average molecular weight is 192 g/mol. The summed E-state index contributed by atoms with van der Waals surface area (Å²) in [7, 11) is 0. The molecule has 0 fully saturated rings. The summed E-state index contributed by atoms with van der Waals surface area (Å²) in [5.74, 6) is 0.503. The van der Waals surface area contributed by atoms with Crippen LogP contribution in [0.15, 0.2) is 29.4 Å². The molecule has 0 radical (unpaired) electrons. The third-order valence-corrected chi connectivity index (χ3v) is 1.73. The molecule has 0 aromatic carbocycles. The van der Waals surface area contributed by atoms with Gasteiger partial charge in [-0.25, -0.2) is 0 Å². The number of pyridine rings is 1. The van der Waals surface area contributed by atoms with Crippen LogP contribution in [0.1, 0.15) is 12.6 Å². The summed E-state index contributed by atoms with van der Waals surface area (Å²) in [5, 5.41) is 2.94. The molecule has 0 unspecified atom stereocenters. The molecule has 4 nitrogen and oxygen atoms in total. The second kappa shape index (κ2) is 5.96. The Kier molecular flexibility index (Phi) is 4.47. The maximum absolute atomic E-state index is 5.57. The van der Waals surface area contributed by atoms with Crippen LogP contribution in [0.3, 0.4) is 0 Å². The number of guanidine groups is 1. The lowest BCUT2D eigenvalue weighted by Crippen LogP contribution is -2.31. The molecule has 4 heteroatoms. The number of aromatic nitrogens is 1. The van der Waals surface area contributed by atoms with Crippen LogP contribution in [-0.2, 0) is 6.42 Å². The van der Waals surface area contributed by atoms with E-state index in [-0.39, 0.29) is 0 Å². The summed E-state index contributed by atoms with van der Waals surface area (Å²) in [6.45, 7) is 3.47. The van der Waals surface area contributed by atoms with E-state index in [0.29, 0.717) is 12.5 Å². The SMILES string of the molecule is CCNC(N)=NCCc1ccccn1. The fourth-order valence-electron chi connectivity index (χ4n) is 1.07. The Balaban J connectivity index is 2.31. The molecule has 1 rings (SSSR count). The number of aliphatic imine (C=N–C) groups is 1. The van der Waals surface area contributed by atoms with Gasteiger partial charge in [0.25, 0.3) is 0 Å². The Bertz CT molecular complexity index is 281. The average Bonchev–Trinajstić information content (AvgIpc) is 2.20. The van der Waals surface area contributed by atoms with Gasteiger partial charge in [-0.15, -0.1) is 0 Å². The van der Waals surface area contributed by atoms with Crippen LogP contribution in [0.25, 0.3) is 0 Å². The van der Waals surface area contributed by atoms with Crippen molar-refractivity contribution in [2.45, 2.75) is 13.3 Å². The molecule has 0 spiro atoms. The zero-order valence-electron chi connectivity index (χ0n) is 8.40. The molecule has 0 aliphatic rings. The predicted molar refractivity (Wildman–Crippen MR) is 58.1 cm³/mol. The summed E-state index contributed by atoms with van der Waals surface area (Å²) >= 11 is 0. The highest BCUT2D eigenvalue weighted by Gasteiger charge is 1.92. The summed E-state index contributed by atoms with van der Waals surface area (Å²) in [4.78, 5) is 8.34. The topological polar surface area (TPSA) is 63.3 Å². The monoisotopic (exact) mass is 192 g/mol. The van der Waals surface area contributed by atoms with Crippen LogP contribution in [0, 0.1) is 0 Å². The van der Waals surface area contributed by atoms with E-state index in [0.717, 1.165) is 18.7 Å². The minimum atomic E-state index is 0.503. The van der Waals surface area contributed by atoms with Crippen LogP contribution in [0.4, 0.5) is 0 Å². The minimum absolute atomic E-state index is 0.503. The second-order valence-electron chi connectivity index (χ2n) is 2.87. The molecule has 0 saturated heterocycles. The molecule has 76 valence electrons. The van der Waals surface area contributed by atoms with Gasteiger partial charge in [-0.1, -0.05) is 6.07 Å². The van der Waals surface area contributed by atoms with Crippen molar-refractivity contribution in [3.8, 4) is 0 Å². The van der Waals surface area contributed by atoms with Gasteiger partial charge in [0.2, 0.25) is 0 Å². The summed E-state index contributed by atoms with van der Waals surface area (Å²) < 4.78 is 0. The summed E-state index contributed by atoms with van der Waals surface area (Å²) in [6.07, 6.45) is 2.61. The van der Waals surface area contributed by atoms with Crippen molar-refractivity contribution in [1.29, 1.82) is 0 Å². The maximum atomic E-state index is 5.57. The number of nitrogens with one attached hydrogen (secondary N) is 1. The zero-order valence-corrected chi connectivity index (χ0v) is 8.40. The van der Waals surface area contributed by atoms with Crippen molar-refractivity contribution in [2.24, 2.45) is 10.7 Å². The molecular formula is C10H16N4. The lowest BCUT2D eigenvalue weighted by molar-refractivity contribution is 0.887. The van der Waals surface area contributed by atoms with E-state index >= 15 is 0 Å². The molecule has 1 heterocycles. The highest BCUT2D eigenvalue weighted by Crippen LogP contribution is 1.94. The molecule has 0 bridgehead atoms.